The average Bonchev–Trinajstić information content (AvgIpc) is 2.89. The summed E-state index contributed by atoms with van der Waals surface area (Å²) in [6.07, 6.45) is 0.828. The molecule has 0 spiro atoms. The molecule has 174 valence electrons. The highest BCUT2D eigenvalue weighted by atomic mass is 35.5. The first-order chi connectivity index (χ1) is 17.0. The van der Waals surface area contributed by atoms with Crippen LogP contribution in [0.5, 0.6) is 0 Å². The van der Waals surface area contributed by atoms with Crippen molar-refractivity contribution in [1.29, 1.82) is 5.26 Å². The zero-order chi connectivity index (χ0) is 24.8. The molecule has 1 heterocycles. The number of nitrogens with one attached hydrogen (secondary N) is 1. The maximum atomic E-state index is 12.9. The van der Waals surface area contributed by atoms with Gasteiger partial charge in [0.2, 0.25) is 5.91 Å². The third-order valence-corrected chi connectivity index (χ3v) is 6.89. The summed E-state index contributed by atoms with van der Waals surface area (Å²) in [6, 6.07) is 27.4. The highest BCUT2D eigenvalue weighted by Crippen LogP contribution is 2.35. The molecular weight excluding hydrogens is 474 g/mol. The lowest BCUT2D eigenvalue weighted by atomic mass is 9.99. The van der Waals surface area contributed by atoms with Crippen molar-refractivity contribution in [2.45, 2.75) is 25.3 Å². The largest absolute Gasteiger partial charge is 0.325 e. The van der Waals surface area contributed by atoms with E-state index >= 15 is 0 Å². The van der Waals surface area contributed by atoms with Crippen molar-refractivity contribution in [3.05, 3.63) is 101 Å². The van der Waals surface area contributed by atoms with Crippen LogP contribution >= 0.6 is 23.4 Å². The third kappa shape index (κ3) is 5.74. The van der Waals surface area contributed by atoms with Crippen LogP contribution in [0.15, 0.2) is 83.9 Å². The maximum absolute atomic E-state index is 12.9. The van der Waals surface area contributed by atoms with Crippen LogP contribution < -0.4 is 5.32 Å². The fourth-order valence-electron chi connectivity index (χ4n) is 3.86. The molecule has 0 saturated heterocycles. The minimum absolute atomic E-state index is 0.136. The SMILES string of the molecule is CCc1cccc(C)c1NC(=O)CSc1nc(-c2ccccc2)cc(-c2ccc(Cl)cc2)c1C#N. The Morgan fingerprint density at radius 3 is 2.46 bits per heavy atom. The molecule has 4 rings (SSSR count). The predicted molar refractivity (Wildman–Crippen MR) is 145 cm³/mol. The van der Waals surface area contributed by atoms with Gasteiger partial charge in [0.1, 0.15) is 11.1 Å². The molecule has 0 bridgehead atoms. The highest BCUT2D eigenvalue weighted by molar-refractivity contribution is 8.00. The molecule has 0 atom stereocenters. The third-order valence-electron chi connectivity index (χ3n) is 5.67. The maximum Gasteiger partial charge on any atom is 0.234 e. The number of thioether (sulfide) groups is 1. The number of para-hydroxylation sites is 1. The van der Waals surface area contributed by atoms with Crippen LogP contribution in [-0.4, -0.2) is 16.6 Å². The molecule has 35 heavy (non-hydrogen) atoms. The van der Waals surface area contributed by atoms with Gasteiger partial charge in [0.25, 0.3) is 0 Å². The van der Waals surface area contributed by atoms with E-state index in [1.807, 2.05) is 73.7 Å². The van der Waals surface area contributed by atoms with Gasteiger partial charge in [-0.3, -0.25) is 4.79 Å². The van der Waals surface area contributed by atoms with Crippen molar-refractivity contribution >= 4 is 35.0 Å². The number of pyridine rings is 1. The number of anilines is 1. The summed E-state index contributed by atoms with van der Waals surface area (Å²) in [4.78, 5) is 17.7. The zero-order valence-electron chi connectivity index (χ0n) is 19.5. The average molecular weight is 498 g/mol. The number of carbonyl (C=O) groups is 1. The van der Waals surface area contributed by atoms with Crippen molar-refractivity contribution in [3.63, 3.8) is 0 Å². The number of aromatic nitrogens is 1. The molecule has 0 aliphatic carbocycles. The van der Waals surface area contributed by atoms with Gasteiger partial charge in [-0.15, -0.1) is 0 Å². The molecular formula is C29H24ClN3OS. The minimum Gasteiger partial charge on any atom is -0.325 e. The molecule has 4 aromatic rings. The minimum atomic E-state index is -0.136. The molecule has 3 aromatic carbocycles. The van der Waals surface area contributed by atoms with Gasteiger partial charge in [0, 0.05) is 21.8 Å². The van der Waals surface area contributed by atoms with Gasteiger partial charge in [-0.25, -0.2) is 4.98 Å². The highest BCUT2D eigenvalue weighted by Gasteiger charge is 2.18. The van der Waals surface area contributed by atoms with E-state index in [0.717, 1.165) is 45.6 Å². The van der Waals surface area contributed by atoms with Gasteiger partial charge in [-0.1, -0.05) is 91.0 Å². The summed E-state index contributed by atoms with van der Waals surface area (Å²) in [5.74, 6) is 0.000126. The Hall–Kier alpha value is -3.59. The molecule has 0 saturated carbocycles. The quantitative estimate of drug-likeness (QED) is 0.268. The number of benzene rings is 3. The second-order valence-corrected chi connectivity index (χ2v) is 9.42. The summed E-state index contributed by atoms with van der Waals surface area (Å²) in [5, 5.41) is 14.2. The predicted octanol–water partition coefficient (Wildman–Crippen LogP) is 7.54. The number of amides is 1. The molecule has 4 nitrogen and oxygen atoms in total. The van der Waals surface area contributed by atoms with E-state index in [1.54, 1.807) is 12.1 Å². The standard InChI is InChI=1S/C29H24ClN3OS/c1-3-20-11-7-8-19(2)28(20)33-27(34)18-35-29-25(17-31)24(21-12-14-23(30)15-13-21)16-26(32-29)22-9-5-4-6-10-22/h4-16H,3,18H2,1-2H3,(H,33,34). The molecule has 0 unspecified atom stereocenters. The molecule has 0 aliphatic rings. The van der Waals surface area contributed by atoms with Gasteiger partial charge in [-0.2, -0.15) is 5.26 Å². The van der Waals surface area contributed by atoms with Crippen molar-refractivity contribution in [2.75, 3.05) is 11.1 Å². The smallest absolute Gasteiger partial charge is 0.234 e. The van der Waals surface area contributed by atoms with E-state index in [-0.39, 0.29) is 11.7 Å². The molecule has 0 radical (unpaired) electrons. The van der Waals surface area contributed by atoms with Crippen LogP contribution in [0.25, 0.3) is 22.4 Å². The fourth-order valence-corrected chi connectivity index (χ4v) is 4.79. The Morgan fingerprint density at radius 2 is 1.77 bits per heavy atom. The van der Waals surface area contributed by atoms with Crippen molar-refractivity contribution < 1.29 is 4.79 Å². The van der Waals surface area contributed by atoms with Crippen LogP contribution in [0.4, 0.5) is 5.69 Å². The van der Waals surface area contributed by atoms with E-state index in [1.165, 1.54) is 11.8 Å². The van der Waals surface area contributed by atoms with Gasteiger partial charge < -0.3 is 5.32 Å². The first kappa shape index (κ1) is 24.5. The lowest BCUT2D eigenvalue weighted by Gasteiger charge is -2.14. The fraction of sp³-hybridized carbons (Fsp3) is 0.138. The van der Waals surface area contributed by atoms with Crippen molar-refractivity contribution in [3.8, 4) is 28.5 Å². The number of nitriles is 1. The number of hydrogen-bond acceptors (Lipinski definition) is 4. The lowest BCUT2D eigenvalue weighted by molar-refractivity contribution is -0.113. The van der Waals surface area contributed by atoms with E-state index in [2.05, 4.69) is 18.3 Å². The van der Waals surface area contributed by atoms with E-state index in [0.29, 0.717) is 15.6 Å². The van der Waals surface area contributed by atoms with E-state index < -0.39 is 0 Å². The zero-order valence-corrected chi connectivity index (χ0v) is 21.1. The van der Waals surface area contributed by atoms with Crippen LogP contribution in [0.3, 0.4) is 0 Å². The van der Waals surface area contributed by atoms with Gasteiger partial charge in [0.05, 0.1) is 17.0 Å². The monoisotopic (exact) mass is 497 g/mol. The normalized spacial score (nSPS) is 10.6. The number of carbonyl (C=O) groups excluding carboxylic acids is 1. The number of nitrogens with zero attached hydrogens (tertiary/aromatic N) is 2. The Balaban J connectivity index is 1.68. The van der Waals surface area contributed by atoms with E-state index in [9.17, 15) is 10.1 Å². The lowest BCUT2D eigenvalue weighted by Crippen LogP contribution is -2.16. The summed E-state index contributed by atoms with van der Waals surface area (Å²) < 4.78 is 0. The molecule has 6 heteroatoms. The molecule has 1 N–H and O–H groups in total. The van der Waals surface area contributed by atoms with Crippen LogP contribution in [-0.2, 0) is 11.2 Å². The summed E-state index contributed by atoms with van der Waals surface area (Å²) in [5.41, 5.74) is 6.71. The first-order valence-electron chi connectivity index (χ1n) is 11.3. The van der Waals surface area contributed by atoms with Gasteiger partial charge >= 0.3 is 0 Å². The topological polar surface area (TPSA) is 65.8 Å². The van der Waals surface area contributed by atoms with Gasteiger partial charge in [0.15, 0.2) is 0 Å². The van der Waals surface area contributed by atoms with E-state index in [4.69, 9.17) is 16.6 Å². The second-order valence-electron chi connectivity index (χ2n) is 8.02. The molecule has 0 aliphatic heterocycles. The van der Waals surface area contributed by atoms with Crippen LogP contribution in [0.2, 0.25) is 5.02 Å². The molecule has 0 fully saturated rings. The Kier molecular flexibility index (Phi) is 7.87. The first-order valence-corrected chi connectivity index (χ1v) is 12.6. The van der Waals surface area contributed by atoms with Gasteiger partial charge in [-0.05, 0) is 48.2 Å². The number of aryl methyl sites for hydroxylation is 2. The van der Waals surface area contributed by atoms with Crippen LogP contribution in [0, 0.1) is 18.3 Å². The summed E-state index contributed by atoms with van der Waals surface area (Å²) >= 11 is 7.36. The Morgan fingerprint density at radius 1 is 1.03 bits per heavy atom. The number of rotatable bonds is 7. The van der Waals surface area contributed by atoms with Crippen molar-refractivity contribution in [2.24, 2.45) is 0 Å². The molecule has 1 amide bonds. The summed E-state index contributed by atoms with van der Waals surface area (Å²) in [6.45, 7) is 4.05. The van der Waals surface area contributed by atoms with Crippen molar-refractivity contribution in [1.82, 2.24) is 4.98 Å². The number of halogens is 1. The Labute approximate surface area is 215 Å². The molecule has 1 aromatic heterocycles. The second kappa shape index (κ2) is 11.2. The van der Waals surface area contributed by atoms with Crippen LogP contribution in [0.1, 0.15) is 23.6 Å². The Bertz CT molecular complexity index is 1400. The summed E-state index contributed by atoms with van der Waals surface area (Å²) in [7, 11) is 0. The number of hydrogen-bond donors (Lipinski definition) is 1.